The van der Waals surface area contributed by atoms with Crippen LogP contribution in [0.4, 0.5) is 4.39 Å². The average molecular weight is 336 g/mol. The van der Waals surface area contributed by atoms with E-state index in [2.05, 4.69) is 17.1 Å². The first-order valence-electron chi connectivity index (χ1n) is 9.79. The zero-order valence-electron chi connectivity index (χ0n) is 15.2. The molecular formula is C20H33FN2O. The molecule has 1 fully saturated rings. The molecular weight excluding hydrogens is 303 g/mol. The van der Waals surface area contributed by atoms with Gasteiger partial charge in [0, 0.05) is 6.07 Å². The molecule has 2 rings (SSSR count). The van der Waals surface area contributed by atoms with Crippen molar-refractivity contribution in [2.24, 2.45) is 5.41 Å². The van der Waals surface area contributed by atoms with E-state index in [1.54, 1.807) is 0 Å². The van der Waals surface area contributed by atoms with Crippen LogP contribution in [-0.2, 0) is 6.42 Å². The van der Waals surface area contributed by atoms with Gasteiger partial charge >= 0.3 is 0 Å². The second-order valence-corrected chi connectivity index (χ2v) is 7.27. The molecule has 0 unspecified atom stereocenters. The maximum absolute atomic E-state index is 12.4. The van der Waals surface area contributed by atoms with Crippen LogP contribution in [0.3, 0.4) is 0 Å². The van der Waals surface area contributed by atoms with Crippen LogP contribution >= 0.6 is 0 Å². The molecule has 0 amide bonds. The van der Waals surface area contributed by atoms with Crippen LogP contribution in [0.1, 0.15) is 83.2 Å². The molecule has 1 aliphatic rings. The second kappa shape index (κ2) is 10.6. The summed E-state index contributed by atoms with van der Waals surface area (Å²) in [6.07, 6.45) is 13.8. The summed E-state index contributed by atoms with van der Waals surface area (Å²) in [5.41, 5.74) is 1.46. The lowest BCUT2D eigenvalue weighted by atomic mass is 9.68. The molecule has 1 aliphatic carbocycles. The second-order valence-electron chi connectivity index (χ2n) is 7.27. The van der Waals surface area contributed by atoms with Crippen LogP contribution in [0.25, 0.3) is 0 Å². The minimum absolute atomic E-state index is 0.180. The Kier molecular flexibility index (Phi) is 8.48. The minimum atomic E-state index is -0.180. The molecule has 3 nitrogen and oxygen atoms in total. The molecule has 0 atom stereocenters. The van der Waals surface area contributed by atoms with E-state index < -0.39 is 0 Å². The number of halogens is 1. The summed E-state index contributed by atoms with van der Waals surface area (Å²) in [5, 5.41) is 8.52. The van der Waals surface area contributed by atoms with Crippen LogP contribution in [0.5, 0.6) is 5.88 Å². The zero-order valence-corrected chi connectivity index (χ0v) is 15.2. The first kappa shape index (κ1) is 19.1. The van der Waals surface area contributed by atoms with Gasteiger partial charge in [-0.3, -0.25) is 4.39 Å². The van der Waals surface area contributed by atoms with Gasteiger partial charge in [0.1, 0.15) is 0 Å². The van der Waals surface area contributed by atoms with Crippen LogP contribution in [0.15, 0.2) is 12.1 Å². The van der Waals surface area contributed by atoms with Gasteiger partial charge in [-0.05, 0) is 56.4 Å². The fourth-order valence-corrected chi connectivity index (χ4v) is 3.79. The molecule has 0 bridgehead atoms. The number of rotatable bonds is 11. The summed E-state index contributed by atoms with van der Waals surface area (Å²) in [6.45, 7) is 2.68. The van der Waals surface area contributed by atoms with Gasteiger partial charge in [-0.2, -0.15) is 5.10 Å². The Balaban J connectivity index is 1.84. The third kappa shape index (κ3) is 6.37. The van der Waals surface area contributed by atoms with E-state index in [0.717, 1.165) is 37.8 Å². The van der Waals surface area contributed by atoms with Crippen LogP contribution in [0, 0.1) is 5.41 Å². The van der Waals surface area contributed by atoms with Gasteiger partial charge in [0.15, 0.2) is 0 Å². The largest absolute Gasteiger partial charge is 0.477 e. The van der Waals surface area contributed by atoms with E-state index in [4.69, 9.17) is 4.74 Å². The van der Waals surface area contributed by atoms with Gasteiger partial charge in [0.2, 0.25) is 5.88 Å². The maximum Gasteiger partial charge on any atom is 0.233 e. The Morgan fingerprint density at radius 3 is 2.54 bits per heavy atom. The molecule has 0 spiro atoms. The number of hydrogen-bond donors (Lipinski definition) is 0. The third-order valence-electron chi connectivity index (χ3n) is 5.36. The van der Waals surface area contributed by atoms with Gasteiger partial charge in [-0.1, -0.05) is 39.0 Å². The number of unbranched alkanes of at least 4 members (excludes halogenated alkanes) is 2. The van der Waals surface area contributed by atoms with Gasteiger partial charge in [0.05, 0.1) is 19.0 Å². The number of aromatic nitrogens is 2. The van der Waals surface area contributed by atoms with Crippen molar-refractivity contribution in [1.29, 1.82) is 0 Å². The Morgan fingerprint density at radius 2 is 1.88 bits per heavy atom. The average Bonchev–Trinajstić information content (AvgIpc) is 2.62. The Bertz CT molecular complexity index is 443. The van der Waals surface area contributed by atoms with Crippen molar-refractivity contribution in [2.75, 3.05) is 13.3 Å². The van der Waals surface area contributed by atoms with Gasteiger partial charge in [-0.25, -0.2) is 0 Å². The van der Waals surface area contributed by atoms with Gasteiger partial charge in [-0.15, -0.1) is 5.10 Å². The predicted molar refractivity (Wildman–Crippen MR) is 96.1 cm³/mol. The molecule has 4 heteroatoms. The minimum Gasteiger partial charge on any atom is -0.477 e. The number of alkyl halides is 1. The maximum atomic E-state index is 12.4. The number of hydrogen-bond acceptors (Lipinski definition) is 3. The van der Waals surface area contributed by atoms with Crippen molar-refractivity contribution in [1.82, 2.24) is 10.2 Å². The molecule has 0 aliphatic heterocycles. The fourth-order valence-electron chi connectivity index (χ4n) is 3.79. The molecule has 1 aromatic heterocycles. The van der Waals surface area contributed by atoms with E-state index in [-0.39, 0.29) is 6.67 Å². The topological polar surface area (TPSA) is 35.0 Å². The highest BCUT2D eigenvalue weighted by molar-refractivity contribution is 5.11. The highest BCUT2D eigenvalue weighted by Gasteiger charge is 2.31. The highest BCUT2D eigenvalue weighted by Crippen LogP contribution is 2.44. The normalized spacial score (nSPS) is 16.9. The summed E-state index contributed by atoms with van der Waals surface area (Å²) >= 11 is 0. The summed E-state index contributed by atoms with van der Waals surface area (Å²) in [5.74, 6) is 0.627. The monoisotopic (exact) mass is 336 g/mol. The summed E-state index contributed by atoms with van der Waals surface area (Å²) < 4.78 is 18.0. The molecule has 24 heavy (non-hydrogen) atoms. The lowest BCUT2D eigenvalue weighted by Gasteiger charge is -2.37. The highest BCUT2D eigenvalue weighted by atomic mass is 19.1. The molecule has 1 heterocycles. The van der Waals surface area contributed by atoms with E-state index in [1.807, 2.05) is 12.1 Å². The van der Waals surface area contributed by atoms with E-state index >= 15 is 0 Å². The van der Waals surface area contributed by atoms with Crippen molar-refractivity contribution in [2.45, 2.75) is 84.0 Å². The predicted octanol–water partition coefficient (Wildman–Crippen LogP) is 5.68. The van der Waals surface area contributed by atoms with Crippen molar-refractivity contribution in [3.05, 3.63) is 17.8 Å². The Hall–Kier alpha value is -1.19. The fraction of sp³-hybridized carbons (Fsp3) is 0.800. The van der Waals surface area contributed by atoms with E-state index in [9.17, 15) is 4.39 Å². The molecule has 136 valence electrons. The quantitative estimate of drug-likeness (QED) is 0.488. The SMILES string of the molecule is CCCCOc1ccc(CCC2(CCCCF)CCCCC2)nn1. The lowest BCUT2D eigenvalue weighted by molar-refractivity contribution is 0.150. The third-order valence-corrected chi connectivity index (χ3v) is 5.36. The summed E-state index contributed by atoms with van der Waals surface area (Å²) in [4.78, 5) is 0. The molecule has 1 saturated carbocycles. The van der Waals surface area contributed by atoms with Gasteiger partial charge < -0.3 is 4.74 Å². The molecule has 0 saturated heterocycles. The van der Waals surface area contributed by atoms with E-state index in [0.29, 0.717) is 24.3 Å². The number of ether oxygens (including phenoxy) is 1. The zero-order chi connectivity index (χ0) is 17.1. The van der Waals surface area contributed by atoms with Crippen molar-refractivity contribution in [3.63, 3.8) is 0 Å². The number of aryl methyl sites for hydroxylation is 1. The molecule has 0 radical (unpaired) electrons. The summed E-state index contributed by atoms with van der Waals surface area (Å²) in [6, 6.07) is 3.99. The standard InChI is InChI=1S/C20H33FN2O/c1-2-3-17-24-19-10-9-18(22-23-19)11-15-20(14-7-8-16-21)12-5-4-6-13-20/h9-10H,2-8,11-17H2,1H3. The Morgan fingerprint density at radius 1 is 1.04 bits per heavy atom. The van der Waals surface area contributed by atoms with Crippen molar-refractivity contribution < 1.29 is 9.13 Å². The van der Waals surface area contributed by atoms with Gasteiger partial charge in [0.25, 0.3) is 0 Å². The molecule has 0 aromatic carbocycles. The molecule has 1 aromatic rings. The van der Waals surface area contributed by atoms with Crippen LogP contribution < -0.4 is 4.74 Å². The van der Waals surface area contributed by atoms with Crippen LogP contribution in [0.2, 0.25) is 0 Å². The van der Waals surface area contributed by atoms with E-state index in [1.165, 1.54) is 38.5 Å². The first-order chi connectivity index (χ1) is 11.8. The Labute approximate surface area is 146 Å². The summed E-state index contributed by atoms with van der Waals surface area (Å²) in [7, 11) is 0. The number of nitrogens with zero attached hydrogens (tertiary/aromatic N) is 2. The van der Waals surface area contributed by atoms with Crippen molar-refractivity contribution in [3.8, 4) is 5.88 Å². The first-order valence-corrected chi connectivity index (χ1v) is 9.79. The molecule has 0 N–H and O–H groups in total. The smallest absolute Gasteiger partial charge is 0.233 e. The van der Waals surface area contributed by atoms with Crippen LogP contribution in [-0.4, -0.2) is 23.5 Å². The van der Waals surface area contributed by atoms with Crippen molar-refractivity contribution >= 4 is 0 Å². The lowest BCUT2D eigenvalue weighted by Crippen LogP contribution is -2.25.